The number of nitrogen functional groups attached to an aromatic ring is 1. The number of esters is 1. The number of aliphatic carboxylic acids is 1. The maximum atomic E-state index is 13.1. The molecular formula is C12H13BrFNO4. The van der Waals surface area contributed by atoms with Crippen molar-refractivity contribution in [3.8, 4) is 0 Å². The molecule has 1 aromatic carbocycles. The van der Waals surface area contributed by atoms with E-state index in [9.17, 15) is 14.0 Å². The molecule has 0 amide bonds. The highest BCUT2D eigenvalue weighted by Crippen LogP contribution is 2.24. The molecule has 0 spiro atoms. The summed E-state index contributed by atoms with van der Waals surface area (Å²) in [6, 6.07) is 2.18. The third-order valence-corrected chi connectivity index (χ3v) is 3.11. The maximum absolute atomic E-state index is 13.1. The van der Waals surface area contributed by atoms with Gasteiger partial charge in [0.15, 0.2) is 0 Å². The van der Waals surface area contributed by atoms with Gasteiger partial charge in [0.2, 0.25) is 0 Å². The van der Waals surface area contributed by atoms with Gasteiger partial charge in [-0.2, -0.15) is 0 Å². The van der Waals surface area contributed by atoms with Gasteiger partial charge in [0.1, 0.15) is 12.4 Å². The summed E-state index contributed by atoms with van der Waals surface area (Å²) in [5.41, 5.74) is 4.01. The van der Waals surface area contributed by atoms with Gasteiger partial charge in [-0.15, -0.1) is 0 Å². The highest BCUT2D eigenvalue weighted by molar-refractivity contribution is 9.10. The number of hydrogen-bond donors (Lipinski definition) is 2. The van der Waals surface area contributed by atoms with E-state index in [0.717, 1.165) is 12.1 Å². The lowest BCUT2D eigenvalue weighted by molar-refractivity contribution is -0.149. The Labute approximate surface area is 117 Å². The molecular weight excluding hydrogens is 321 g/mol. The summed E-state index contributed by atoms with van der Waals surface area (Å²) >= 11 is 3.02. The van der Waals surface area contributed by atoms with Gasteiger partial charge in [0.25, 0.3) is 0 Å². The standard InChI is InChI=1S/C12H13BrFNO4/c1-12(2,11(17)18)5-19-10(16)6-3-9(15)8(14)4-7(6)13/h3-4H,5,15H2,1-2H3,(H,17,18). The van der Waals surface area contributed by atoms with Crippen molar-refractivity contribution < 1.29 is 23.8 Å². The lowest BCUT2D eigenvalue weighted by Crippen LogP contribution is -2.30. The Morgan fingerprint density at radius 2 is 2.05 bits per heavy atom. The van der Waals surface area contributed by atoms with Crippen LogP contribution in [0.2, 0.25) is 0 Å². The van der Waals surface area contributed by atoms with Crippen molar-refractivity contribution in [3.63, 3.8) is 0 Å². The smallest absolute Gasteiger partial charge is 0.339 e. The number of carbonyl (C=O) groups excluding carboxylic acids is 1. The fourth-order valence-electron chi connectivity index (χ4n) is 1.11. The van der Waals surface area contributed by atoms with Crippen LogP contribution in [-0.2, 0) is 9.53 Å². The van der Waals surface area contributed by atoms with E-state index in [2.05, 4.69) is 15.9 Å². The first-order chi connectivity index (χ1) is 8.65. The molecule has 0 atom stereocenters. The van der Waals surface area contributed by atoms with Crippen LogP contribution in [-0.4, -0.2) is 23.7 Å². The highest BCUT2D eigenvalue weighted by atomic mass is 79.9. The second-order valence-corrected chi connectivity index (χ2v) is 5.47. The molecule has 1 rings (SSSR count). The normalized spacial score (nSPS) is 11.2. The predicted molar refractivity (Wildman–Crippen MR) is 70.2 cm³/mol. The first-order valence-electron chi connectivity index (χ1n) is 5.30. The second kappa shape index (κ2) is 5.56. The minimum absolute atomic E-state index is 0.0417. The monoisotopic (exact) mass is 333 g/mol. The number of rotatable bonds is 4. The summed E-state index contributed by atoms with van der Waals surface area (Å²) in [4.78, 5) is 22.6. The summed E-state index contributed by atoms with van der Waals surface area (Å²) in [6.45, 7) is 2.55. The van der Waals surface area contributed by atoms with Crippen LogP contribution in [0.15, 0.2) is 16.6 Å². The Kier molecular flexibility index (Phi) is 4.52. The van der Waals surface area contributed by atoms with Gasteiger partial charge in [-0.25, -0.2) is 9.18 Å². The number of ether oxygens (including phenoxy) is 1. The van der Waals surface area contributed by atoms with E-state index in [1.807, 2.05) is 0 Å². The quantitative estimate of drug-likeness (QED) is 0.652. The summed E-state index contributed by atoms with van der Waals surface area (Å²) < 4.78 is 18.2. The van der Waals surface area contributed by atoms with E-state index in [4.69, 9.17) is 15.6 Å². The average molecular weight is 334 g/mol. The zero-order chi connectivity index (χ0) is 14.8. The molecule has 0 heterocycles. The van der Waals surface area contributed by atoms with Crippen molar-refractivity contribution in [2.45, 2.75) is 13.8 Å². The van der Waals surface area contributed by atoms with Crippen LogP contribution in [0, 0.1) is 11.2 Å². The number of hydrogen-bond acceptors (Lipinski definition) is 4. The van der Waals surface area contributed by atoms with Crippen molar-refractivity contribution in [2.75, 3.05) is 12.3 Å². The highest BCUT2D eigenvalue weighted by Gasteiger charge is 2.29. The molecule has 0 fully saturated rings. The van der Waals surface area contributed by atoms with E-state index in [1.165, 1.54) is 13.8 Å². The van der Waals surface area contributed by atoms with Crippen LogP contribution >= 0.6 is 15.9 Å². The minimum atomic E-state index is -1.20. The van der Waals surface area contributed by atoms with Crippen LogP contribution in [0.1, 0.15) is 24.2 Å². The van der Waals surface area contributed by atoms with Crippen LogP contribution in [0.4, 0.5) is 10.1 Å². The van der Waals surface area contributed by atoms with Gasteiger partial charge in [0, 0.05) is 4.47 Å². The van der Waals surface area contributed by atoms with E-state index >= 15 is 0 Å². The second-order valence-electron chi connectivity index (χ2n) is 4.62. The Morgan fingerprint density at radius 1 is 1.47 bits per heavy atom. The van der Waals surface area contributed by atoms with Gasteiger partial charge in [0.05, 0.1) is 16.7 Å². The lowest BCUT2D eigenvalue weighted by atomic mass is 9.95. The SMILES string of the molecule is CC(C)(COC(=O)c1cc(N)c(F)cc1Br)C(=O)O. The van der Waals surface area contributed by atoms with Crippen molar-refractivity contribution >= 4 is 33.6 Å². The first kappa shape index (κ1) is 15.4. The molecule has 0 aromatic heterocycles. The summed E-state index contributed by atoms with van der Waals surface area (Å²) in [5, 5.41) is 8.89. The maximum Gasteiger partial charge on any atom is 0.339 e. The molecule has 0 radical (unpaired) electrons. The summed E-state index contributed by atoms with van der Waals surface area (Å²) in [5.74, 6) is -2.51. The van der Waals surface area contributed by atoms with Gasteiger partial charge in [-0.1, -0.05) is 0 Å². The topological polar surface area (TPSA) is 89.6 Å². The predicted octanol–water partition coefficient (Wildman–Crippen LogP) is 2.44. The molecule has 0 saturated heterocycles. The average Bonchev–Trinajstić information content (AvgIpc) is 2.30. The van der Waals surface area contributed by atoms with Gasteiger partial charge in [-0.05, 0) is 41.9 Å². The number of carboxylic acids is 1. The van der Waals surface area contributed by atoms with Gasteiger partial charge >= 0.3 is 11.9 Å². The number of halogens is 2. The van der Waals surface area contributed by atoms with E-state index in [1.54, 1.807) is 0 Å². The molecule has 5 nitrogen and oxygen atoms in total. The number of carbonyl (C=O) groups is 2. The van der Waals surface area contributed by atoms with Gasteiger partial charge < -0.3 is 15.6 Å². The van der Waals surface area contributed by atoms with Crippen molar-refractivity contribution in [3.05, 3.63) is 28.0 Å². The zero-order valence-corrected chi connectivity index (χ0v) is 12.0. The lowest BCUT2D eigenvalue weighted by Gasteiger charge is -2.18. The third-order valence-electron chi connectivity index (χ3n) is 2.45. The molecule has 0 aliphatic rings. The summed E-state index contributed by atoms with van der Waals surface area (Å²) in [7, 11) is 0. The molecule has 1 aromatic rings. The third kappa shape index (κ3) is 3.66. The van der Waals surface area contributed by atoms with Crippen LogP contribution in [0.3, 0.4) is 0 Å². The Hall–Kier alpha value is -1.63. The molecule has 0 saturated carbocycles. The Morgan fingerprint density at radius 3 is 2.58 bits per heavy atom. The molecule has 0 aliphatic heterocycles. The van der Waals surface area contributed by atoms with Crippen LogP contribution in [0.25, 0.3) is 0 Å². The van der Waals surface area contributed by atoms with Crippen molar-refractivity contribution in [2.24, 2.45) is 5.41 Å². The molecule has 0 bridgehead atoms. The van der Waals surface area contributed by atoms with Crippen LogP contribution in [0.5, 0.6) is 0 Å². The molecule has 104 valence electrons. The zero-order valence-electron chi connectivity index (χ0n) is 10.4. The Balaban J connectivity index is 2.86. The number of nitrogens with two attached hydrogens (primary N) is 1. The largest absolute Gasteiger partial charge is 0.481 e. The van der Waals surface area contributed by atoms with E-state index < -0.39 is 23.2 Å². The van der Waals surface area contributed by atoms with Gasteiger partial charge in [-0.3, -0.25) is 4.79 Å². The Bertz CT molecular complexity index is 531. The molecule has 19 heavy (non-hydrogen) atoms. The number of carboxylic acid groups (broad SMARTS) is 1. The molecule has 0 unspecified atom stereocenters. The van der Waals surface area contributed by atoms with Crippen molar-refractivity contribution in [1.82, 2.24) is 0 Å². The minimum Gasteiger partial charge on any atom is -0.481 e. The number of anilines is 1. The van der Waals surface area contributed by atoms with E-state index in [0.29, 0.717) is 0 Å². The van der Waals surface area contributed by atoms with Crippen LogP contribution < -0.4 is 5.73 Å². The first-order valence-corrected chi connectivity index (χ1v) is 6.09. The fourth-order valence-corrected chi connectivity index (χ4v) is 1.58. The molecule has 7 heteroatoms. The molecule has 0 aliphatic carbocycles. The van der Waals surface area contributed by atoms with Crippen molar-refractivity contribution in [1.29, 1.82) is 0 Å². The number of benzene rings is 1. The fraction of sp³-hybridized carbons (Fsp3) is 0.333. The summed E-state index contributed by atoms with van der Waals surface area (Å²) in [6.07, 6.45) is 0. The molecule has 3 N–H and O–H groups in total. The van der Waals surface area contributed by atoms with E-state index in [-0.39, 0.29) is 22.3 Å².